The van der Waals surface area contributed by atoms with Crippen molar-refractivity contribution in [3.8, 4) is 11.9 Å². The van der Waals surface area contributed by atoms with Crippen LogP contribution in [-0.4, -0.2) is 23.0 Å². The molecule has 3 nitrogen and oxygen atoms in total. The second-order valence-corrected chi connectivity index (χ2v) is 6.02. The largest absolute Gasteiger partial charge is 0.493 e. The molecule has 0 amide bonds. The first-order chi connectivity index (χ1) is 9.83. The molecule has 0 aromatic heterocycles. The number of thioether (sulfide) groups is 2. The van der Waals surface area contributed by atoms with Crippen LogP contribution in [0.3, 0.4) is 0 Å². The normalized spacial score (nSPS) is 11.3. The first-order valence-corrected chi connectivity index (χ1v) is 8.29. The summed E-state index contributed by atoms with van der Waals surface area (Å²) in [6.45, 7) is 0.591. The molecule has 2 aromatic carbocycles. The molecule has 20 heavy (non-hydrogen) atoms. The Labute approximate surface area is 127 Å². The zero-order valence-electron chi connectivity index (χ0n) is 11.1. The number of rotatable bonds is 4. The fraction of sp³-hybridized carbons (Fsp3) is 0.200. The van der Waals surface area contributed by atoms with Crippen LogP contribution in [0.1, 0.15) is 0 Å². The summed E-state index contributed by atoms with van der Waals surface area (Å²) in [6.07, 6.45) is 3.71. The smallest absolute Gasteiger partial charge is 0.207 e. The Morgan fingerprint density at radius 2 is 2.05 bits per heavy atom. The van der Waals surface area contributed by atoms with E-state index >= 15 is 0 Å². The first kappa shape index (κ1) is 14.8. The number of nitriles is 1. The molecule has 0 aliphatic carbocycles. The standard InChI is InChI=1S/C15H14N2OS2/c1-19-15(17-11-16)20-9-8-18-14-7-6-12-4-2-3-5-13(12)10-14/h2-7,10H,8-9H2,1H3. The highest BCUT2D eigenvalue weighted by atomic mass is 32.2. The van der Waals surface area contributed by atoms with Gasteiger partial charge in [0.05, 0.1) is 6.61 Å². The van der Waals surface area contributed by atoms with Crippen molar-refractivity contribution in [3.05, 3.63) is 42.5 Å². The highest BCUT2D eigenvalue weighted by Gasteiger charge is 2.00. The van der Waals surface area contributed by atoms with Crippen LogP contribution in [0.2, 0.25) is 0 Å². The maximum Gasteiger partial charge on any atom is 0.207 e. The molecule has 2 aromatic rings. The van der Waals surface area contributed by atoms with Crippen molar-refractivity contribution < 1.29 is 4.74 Å². The molecule has 0 unspecified atom stereocenters. The number of benzene rings is 2. The molecule has 102 valence electrons. The predicted molar refractivity (Wildman–Crippen MR) is 88.5 cm³/mol. The van der Waals surface area contributed by atoms with Crippen LogP contribution in [0.15, 0.2) is 47.5 Å². The van der Waals surface area contributed by atoms with Crippen molar-refractivity contribution >= 4 is 38.7 Å². The minimum atomic E-state index is 0.591. The third-order valence-electron chi connectivity index (χ3n) is 2.61. The number of fused-ring (bicyclic) bond motifs is 1. The Balaban J connectivity index is 1.87. The van der Waals surface area contributed by atoms with Gasteiger partial charge in [0.2, 0.25) is 6.19 Å². The van der Waals surface area contributed by atoms with E-state index < -0.39 is 0 Å². The zero-order chi connectivity index (χ0) is 14.2. The molecule has 0 fully saturated rings. The van der Waals surface area contributed by atoms with Gasteiger partial charge in [0, 0.05) is 5.75 Å². The lowest BCUT2D eigenvalue weighted by Gasteiger charge is -2.07. The van der Waals surface area contributed by atoms with E-state index in [1.807, 2.05) is 30.5 Å². The molecule has 0 N–H and O–H groups in total. The van der Waals surface area contributed by atoms with Crippen LogP contribution >= 0.6 is 23.5 Å². The van der Waals surface area contributed by atoms with Crippen molar-refractivity contribution in [1.82, 2.24) is 0 Å². The molecule has 0 aliphatic heterocycles. The summed E-state index contributed by atoms with van der Waals surface area (Å²) in [7, 11) is 0. The van der Waals surface area contributed by atoms with E-state index in [-0.39, 0.29) is 0 Å². The van der Waals surface area contributed by atoms with Gasteiger partial charge in [0.25, 0.3) is 0 Å². The van der Waals surface area contributed by atoms with Crippen molar-refractivity contribution in [1.29, 1.82) is 5.26 Å². The van der Waals surface area contributed by atoms with Crippen LogP contribution < -0.4 is 4.74 Å². The van der Waals surface area contributed by atoms with Crippen LogP contribution in [0.4, 0.5) is 0 Å². The van der Waals surface area contributed by atoms with E-state index in [9.17, 15) is 0 Å². The molecule has 0 bridgehead atoms. The molecule has 5 heteroatoms. The molecule has 0 saturated carbocycles. The van der Waals surface area contributed by atoms with Crippen molar-refractivity contribution in [2.75, 3.05) is 18.6 Å². The average Bonchev–Trinajstić information content (AvgIpc) is 2.50. The summed E-state index contributed by atoms with van der Waals surface area (Å²) in [5.74, 6) is 1.64. The maximum atomic E-state index is 8.51. The first-order valence-electron chi connectivity index (χ1n) is 6.08. The third kappa shape index (κ3) is 4.19. The van der Waals surface area contributed by atoms with Crippen molar-refractivity contribution in [3.63, 3.8) is 0 Å². The van der Waals surface area contributed by atoms with Gasteiger partial charge in [-0.05, 0) is 29.2 Å². The Morgan fingerprint density at radius 3 is 2.80 bits per heavy atom. The lowest BCUT2D eigenvalue weighted by molar-refractivity contribution is 0.344. The molecule has 0 aliphatic rings. The van der Waals surface area contributed by atoms with E-state index in [0.29, 0.717) is 6.61 Å². The van der Waals surface area contributed by atoms with E-state index in [1.165, 1.54) is 34.3 Å². The predicted octanol–water partition coefficient (Wildman–Crippen LogP) is 4.15. The third-order valence-corrected chi connectivity index (χ3v) is 4.62. The second kappa shape index (κ2) is 7.83. The Hall–Kier alpha value is -1.64. The van der Waals surface area contributed by atoms with Gasteiger partial charge in [-0.2, -0.15) is 10.3 Å². The van der Waals surface area contributed by atoms with Crippen LogP contribution in [0.5, 0.6) is 5.75 Å². The summed E-state index contributed by atoms with van der Waals surface area (Å²) in [5, 5.41) is 10.9. The summed E-state index contributed by atoms with van der Waals surface area (Å²) >= 11 is 3.01. The van der Waals surface area contributed by atoms with Gasteiger partial charge >= 0.3 is 0 Å². The zero-order valence-corrected chi connectivity index (χ0v) is 12.7. The summed E-state index contributed by atoms with van der Waals surface area (Å²) in [5.41, 5.74) is 0. The van der Waals surface area contributed by atoms with E-state index in [1.54, 1.807) is 6.19 Å². The minimum Gasteiger partial charge on any atom is -0.493 e. The van der Waals surface area contributed by atoms with E-state index in [0.717, 1.165) is 15.9 Å². The van der Waals surface area contributed by atoms with Crippen molar-refractivity contribution in [2.24, 2.45) is 4.99 Å². The van der Waals surface area contributed by atoms with Crippen LogP contribution in [-0.2, 0) is 0 Å². The number of nitrogens with zero attached hydrogens (tertiary/aromatic N) is 2. The molecule has 0 radical (unpaired) electrons. The molecule has 2 rings (SSSR count). The summed E-state index contributed by atoms with van der Waals surface area (Å²) < 4.78 is 6.49. The van der Waals surface area contributed by atoms with E-state index in [4.69, 9.17) is 10.00 Å². The Morgan fingerprint density at radius 1 is 1.25 bits per heavy atom. The highest BCUT2D eigenvalue weighted by Crippen LogP contribution is 2.21. The van der Waals surface area contributed by atoms with Crippen LogP contribution in [0.25, 0.3) is 10.8 Å². The lowest BCUT2D eigenvalue weighted by atomic mass is 10.1. The fourth-order valence-electron chi connectivity index (χ4n) is 1.72. The van der Waals surface area contributed by atoms with Gasteiger partial charge < -0.3 is 4.74 Å². The highest BCUT2D eigenvalue weighted by molar-refractivity contribution is 8.38. The second-order valence-electron chi connectivity index (χ2n) is 3.89. The molecular weight excluding hydrogens is 288 g/mol. The lowest BCUT2D eigenvalue weighted by Crippen LogP contribution is -2.01. The molecule has 0 atom stereocenters. The topological polar surface area (TPSA) is 45.4 Å². The van der Waals surface area contributed by atoms with Crippen molar-refractivity contribution in [2.45, 2.75) is 0 Å². The van der Waals surface area contributed by atoms with Gasteiger partial charge in [-0.25, -0.2) is 0 Å². The Kier molecular flexibility index (Phi) is 5.78. The van der Waals surface area contributed by atoms with Gasteiger partial charge in [-0.3, -0.25) is 0 Å². The SMILES string of the molecule is CSC(=NC#N)SCCOc1ccc2ccccc2c1. The molecule has 0 saturated heterocycles. The monoisotopic (exact) mass is 302 g/mol. The number of hydrogen-bond donors (Lipinski definition) is 0. The van der Waals surface area contributed by atoms with Gasteiger partial charge in [0.1, 0.15) is 10.1 Å². The number of ether oxygens (including phenoxy) is 1. The summed E-state index contributed by atoms with van der Waals surface area (Å²) in [6, 6.07) is 14.3. The van der Waals surface area contributed by atoms with Gasteiger partial charge in [0.15, 0.2) is 0 Å². The minimum absolute atomic E-state index is 0.591. The molecule has 0 spiro atoms. The maximum absolute atomic E-state index is 8.51. The Bertz CT molecular complexity index is 650. The van der Waals surface area contributed by atoms with Gasteiger partial charge in [-0.15, -0.1) is 11.8 Å². The number of aliphatic imine (C=N–C) groups is 1. The van der Waals surface area contributed by atoms with E-state index in [2.05, 4.69) is 23.2 Å². The quantitative estimate of drug-likeness (QED) is 0.368. The van der Waals surface area contributed by atoms with Crippen LogP contribution in [0, 0.1) is 11.5 Å². The average molecular weight is 302 g/mol. The molecular formula is C15H14N2OS2. The summed E-state index contributed by atoms with van der Waals surface area (Å²) in [4.78, 5) is 3.72. The number of hydrogen-bond acceptors (Lipinski definition) is 5. The fourth-order valence-corrected chi connectivity index (χ4v) is 3.02. The molecule has 0 heterocycles. The van der Waals surface area contributed by atoms with Gasteiger partial charge in [-0.1, -0.05) is 42.1 Å².